The zero-order valence-corrected chi connectivity index (χ0v) is 16.1. The van der Waals surface area contributed by atoms with Gasteiger partial charge in [-0.25, -0.2) is 0 Å². The Morgan fingerprint density at radius 2 is 2.15 bits per heavy atom. The van der Waals surface area contributed by atoms with E-state index in [0.29, 0.717) is 17.9 Å². The second-order valence-corrected chi connectivity index (χ2v) is 7.44. The van der Waals surface area contributed by atoms with Crippen molar-refractivity contribution in [1.82, 2.24) is 19.9 Å². The normalized spacial score (nSPS) is 12.2. The highest BCUT2D eigenvalue weighted by atomic mass is 35.5. The molecule has 1 N–H and O–H groups in total. The van der Waals surface area contributed by atoms with Crippen LogP contribution in [0, 0.1) is 0 Å². The van der Waals surface area contributed by atoms with Gasteiger partial charge >= 0.3 is 0 Å². The van der Waals surface area contributed by atoms with Crippen LogP contribution in [0.2, 0.25) is 5.02 Å². The Balaban J connectivity index is 1.69. The van der Waals surface area contributed by atoms with Gasteiger partial charge in [-0.15, -0.1) is 10.2 Å². The number of nitrogens with one attached hydrogen (secondary N) is 1. The van der Waals surface area contributed by atoms with Crippen molar-refractivity contribution >= 4 is 34.9 Å². The third-order valence-electron chi connectivity index (χ3n) is 4.13. The lowest BCUT2D eigenvalue weighted by Crippen LogP contribution is -2.30. The lowest BCUT2D eigenvalue weighted by Gasteiger charge is -2.17. The van der Waals surface area contributed by atoms with E-state index in [2.05, 4.69) is 21.8 Å². The van der Waals surface area contributed by atoms with E-state index in [1.54, 1.807) is 11.8 Å². The molecule has 26 heavy (non-hydrogen) atoms. The van der Waals surface area contributed by atoms with Crippen molar-refractivity contribution in [2.45, 2.75) is 25.3 Å². The summed E-state index contributed by atoms with van der Waals surface area (Å²) in [4.78, 5) is 12.5. The molecule has 0 aliphatic carbocycles. The maximum Gasteiger partial charge on any atom is 0.220 e. The van der Waals surface area contributed by atoms with Gasteiger partial charge in [0, 0.05) is 17.6 Å². The molecule has 0 radical (unpaired) electrons. The van der Waals surface area contributed by atoms with E-state index in [4.69, 9.17) is 11.6 Å². The summed E-state index contributed by atoms with van der Waals surface area (Å²) in [6.07, 6.45) is 5.85. The number of carbonyl (C=O) groups is 1. The number of pyridine rings is 1. The minimum atomic E-state index is -0.160. The molecule has 1 atom stereocenters. The Kier molecular flexibility index (Phi) is 6.52. The number of aryl methyl sites for hydroxylation is 1. The second kappa shape index (κ2) is 9.05. The van der Waals surface area contributed by atoms with E-state index in [9.17, 15) is 4.79 Å². The molecule has 136 valence electrons. The number of amides is 1. The van der Waals surface area contributed by atoms with E-state index >= 15 is 0 Å². The summed E-state index contributed by atoms with van der Waals surface area (Å²) in [7, 11) is 0. The molecule has 0 fully saturated rings. The van der Waals surface area contributed by atoms with Crippen LogP contribution in [-0.2, 0) is 11.2 Å². The molecule has 1 unspecified atom stereocenters. The lowest BCUT2D eigenvalue weighted by molar-refractivity contribution is -0.121. The van der Waals surface area contributed by atoms with Gasteiger partial charge in [0.25, 0.3) is 0 Å². The van der Waals surface area contributed by atoms with E-state index in [1.165, 1.54) is 0 Å². The van der Waals surface area contributed by atoms with Crippen LogP contribution in [0.3, 0.4) is 0 Å². The van der Waals surface area contributed by atoms with Gasteiger partial charge < -0.3 is 5.32 Å². The Labute approximate surface area is 162 Å². The number of rotatable bonds is 8. The van der Waals surface area contributed by atoms with Crippen molar-refractivity contribution in [2.75, 3.05) is 12.0 Å². The highest BCUT2D eigenvalue weighted by molar-refractivity contribution is 7.98. The van der Waals surface area contributed by atoms with E-state index in [0.717, 1.165) is 29.2 Å². The van der Waals surface area contributed by atoms with Crippen LogP contribution >= 0.6 is 23.4 Å². The zero-order valence-electron chi connectivity index (χ0n) is 14.6. The molecule has 3 rings (SSSR count). The summed E-state index contributed by atoms with van der Waals surface area (Å²) in [5.74, 6) is 1.70. The Hall–Kier alpha value is -2.05. The number of nitrogens with zero attached hydrogens (tertiary/aromatic N) is 3. The molecule has 2 aromatic heterocycles. The first-order valence-corrected chi connectivity index (χ1v) is 10.3. The molecule has 0 aliphatic rings. The quantitative estimate of drug-likeness (QED) is 0.635. The van der Waals surface area contributed by atoms with Crippen LogP contribution in [0.1, 0.15) is 30.3 Å². The number of fused-ring (bicyclic) bond motifs is 1. The third-order valence-corrected chi connectivity index (χ3v) is 5.01. The summed E-state index contributed by atoms with van der Waals surface area (Å²) < 4.78 is 1.93. The molecule has 0 saturated heterocycles. The highest BCUT2D eigenvalue weighted by Gasteiger charge is 2.20. The molecular weight excluding hydrogens is 368 g/mol. The van der Waals surface area contributed by atoms with Gasteiger partial charge in [-0.1, -0.05) is 29.8 Å². The van der Waals surface area contributed by atoms with Crippen molar-refractivity contribution in [2.24, 2.45) is 0 Å². The molecule has 2 heterocycles. The maximum atomic E-state index is 12.5. The highest BCUT2D eigenvalue weighted by Crippen LogP contribution is 2.19. The van der Waals surface area contributed by atoms with Crippen molar-refractivity contribution in [3.05, 3.63) is 65.1 Å². The molecule has 1 aromatic carbocycles. The van der Waals surface area contributed by atoms with Gasteiger partial charge in [0.15, 0.2) is 11.5 Å². The van der Waals surface area contributed by atoms with Crippen LogP contribution < -0.4 is 5.32 Å². The topological polar surface area (TPSA) is 59.3 Å². The van der Waals surface area contributed by atoms with Crippen molar-refractivity contribution in [3.8, 4) is 0 Å². The number of thioether (sulfide) groups is 1. The summed E-state index contributed by atoms with van der Waals surface area (Å²) in [5.41, 5.74) is 1.84. The first-order chi connectivity index (χ1) is 12.7. The SMILES string of the molecule is CSCCC(NC(=O)CCc1cccc(Cl)c1)c1nnc2ccccn12. The number of hydrogen-bond donors (Lipinski definition) is 1. The predicted octanol–water partition coefficient (Wildman–Crippen LogP) is 3.93. The van der Waals surface area contributed by atoms with Gasteiger partial charge in [-0.3, -0.25) is 9.20 Å². The van der Waals surface area contributed by atoms with Crippen molar-refractivity contribution in [1.29, 1.82) is 0 Å². The number of benzene rings is 1. The molecule has 0 spiro atoms. The zero-order chi connectivity index (χ0) is 18.4. The largest absolute Gasteiger partial charge is 0.346 e. The van der Waals surface area contributed by atoms with Gasteiger partial charge in [-0.2, -0.15) is 11.8 Å². The minimum absolute atomic E-state index is 0.00348. The molecular formula is C19H21ClN4OS. The van der Waals surface area contributed by atoms with E-state index in [-0.39, 0.29) is 11.9 Å². The molecule has 7 heteroatoms. The minimum Gasteiger partial charge on any atom is -0.346 e. The summed E-state index contributed by atoms with van der Waals surface area (Å²) in [6, 6.07) is 13.2. The number of aromatic nitrogens is 3. The van der Waals surface area contributed by atoms with Crippen LogP contribution in [0.15, 0.2) is 48.7 Å². The number of carbonyl (C=O) groups excluding carboxylic acids is 1. The molecule has 5 nitrogen and oxygen atoms in total. The molecule has 1 amide bonds. The number of halogens is 1. The van der Waals surface area contributed by atoms with Crippen LogP contribution in [0.5, 0.6) is 0 Å². The van der Waals surface area contributed by atoms with E-state index < -0.39 is 0 Å². The van der Waals surface area contributed by atoms with E-state index in [1.807, 2.05) is 53.1 Å². The Morgan fingerprint density at radius 1 is 1.27 bits per heavy atom. The lowest BCUT2D eigenvalue weighted by atomic mass is 10.1. The fourth-order valence-electron chi connectivity index (χ4n) is 2.82. The molecule has 0 aliphatic heterocycles. The van der Waals surface area contributed by atoms with Gasteiger partial charge in [-0.05, 0) is 54.7 Å². The predicted molar refractivity (Wildman–Crippen MR) is 107 cm³/mol. The standard InChI is InChI=1S/C19H21ClN4OS/c1-26-12-10-16(19-23-22-17-7-2-3-11-24(17)19)21-18(25)9-8-14-5-4-6-15(20)13-14/h2-7,11,13,16H,8-10,12H2,1H3,(H,21,25). The smallest absolute Gasteiger partial charge is 0.220 e. The Morgan fingerprint density at radius 3 is 2.96 bits per heavy atom. The van der Waals surface area contributed by atoms with Gasteiger partial charge in [0.05, 0.1) is 6.04 Å². The molecule has 0 saturated carbocycles. The summed E-state index contributed by atoms with van der Waals surface area (Å²) in [5, 5.41) is 12.3. The summed E-state index contributed by atoms with van der Waals surface area (Å²) >= 11 is 7.75. The average Bonchev–Trinajstić information content (AvgIpc) is 3.07. The first kappa shape index (κ1) is 18.7. The van der Waals surface area contributed by atoms with Gasteiger partial charge in [0.2, 0.25) is 5.91 Å². The fourth-order valence-corrected chi connectivity index (χ4v) is 3.50. The van der Waals surface area contributed by atoms with Gasteiger partial charge in [0.1, 0.15) is 0 Å². The first-order valence-electron chi connectivity index (χ1n) is 8.50. The van der Waals surface area contributed by atoms with Crippen molar-refractivity contribution in [3.63, 3.8) is 0 Å². The molecule has 3 aromatic rings. The average molecular weight is 389 g/mol. The fraction of sp³-hybridized carbons (Fsp3) is 0.316. The second-order valence-electron chi connectivity index (χ2n) is 6.02. The van der Waals surface area contributed by atoms with Crippen LogP contribution in [0.4, 0.5) is 0 Å². The number of hydrogen-bond acceptors (Lipinski definition) is 4. The van der Waals surface area contributed by atoms with Crippen molar-refractivity contribution < 1.29 is 4.79 Å². The molecule has 0 bridgehead atoms. The van der Waals surface area contributed by atoms with Crippen LogP contribution in [0.25, 0.3) is 5.65 Å². The maximum absolute atomic E-state index is 12.5. The third kappa shape index (κ3) is 4.77. The summed E-state index contributed by atoms with van der Waals surface area (Å²) in [6.45, 7) is 0. The van der Waals surface area contributed by atoms with Crippen LogP contribution in [-0.4, -0.2) is 32.5 Å². The monoisotopic (exact) mass is 388 g/mol. The Bertz CT molecular complexity index is 883.